The third-order valence-electron chi connectivity index (χ3n) is 3.40. The summed E-state index contributed by atoms with van der Waals surface area (Å²) in [5.41, 5.74) is 2.49. The maximum atomic E-state index is 6.25. The summed E-state index contributed by atoms with van der Waals surface area (Å²) in [4.78, 5) is 0. The lowest BCUT2D eigenvalue weighted by Gasteiger charge is -2.19. The summed E-state index contributed by atoms with van der Waals surface area (Å²) < 4.78 is 6.28. The Morgan fingerprint density at radius 3 is 2.48 bits per heavy atom. The number of hydrogen-bond donors (Lipinski definition) is 1. The van der Waals surface area contributed by atoms with Crippen molar-refractivity contribution in [2.75, 3.05) is 13.7 Å². The fraction of sp³-hybridized carbons (Fsp3) is 0.294. The van der Waals surface area contributed by atoms with Gasteiger partial charge in [0.15, 0.2) is 0 Å². The molecule has 1 atom stereocenters. The van der Waals surface area contributed by atoms with Crippen LogP contribution in [0.5, 0.6) is 5.75 Å². The predicted octanol–water partition coefficient (Wildman–Crippen LogP) is 4.85. The number of hydrogen-bond acceptors (Lipinski definition) is 2. The summed E-state index contributed by atoms with van der Waals surface area (Å²) in [6, 6.07) is 14.7. The van der Waals surface area contributed by atoms with Gasteiger partial charge in [0.05, 0.1) is 12.1 Å². The first-order valence-corrected chi connectivity index (χ1v) is 8.41. The van der Waals surface area contributed by atoms with Crippen molar-refractivity contribution in [2.45, 2.75) is 19.4 Å². The first-order valence-electron chi connectivity index (χ1n) is 6.95. The minimum atomic E-state index is 0.262. The van der Waals surface area contributed by atoms with Crippen LogP contribution >= 0.6 is 34.2 Å². The summed E-state index contributed by atoms with van der Waals surface area (Å²) >= 11 is 8.50. The van der Waals surface area contributed by atoms with E-state index in [4.69, 9.17) is 16.3 Å². The maximum Gasteiger partial charge on any atom is 0.118 e. The average molecular weight is 416 g/mol. The van der Waals surface area contributed by atoms with Crippen LogP contribution in [0.15, 0.2) is 42.5 Å². The first kappa shape index (κ1) is 16.6. The summed E-state index contributed by atoms with van der Waals surface area (Å²) in [5, 5.41) is 4.34. The number of rotatable bonds is 6. The van der Waals surface area contributed by atoms with Crippen molar-refractivity contribution in [1.29, 1.82) is 0 Å². The van der Waals surface area contributed by atoms with Gasteiger partial charge in [0.2, 0.25) is 0 Å². The quantitative estimate of drug-likeness (QED) is 0.681. The number of halogens is 2. The Morgan fingerprint density at radius 1 is 1.19 bits per heavy atom. The van der Waals surface area contributed by atoms with E-state index >= 15 is 0 Å². The molecule has 2 aromatic rings. The van der Waals surface area contributed by atoms with Gasteiger partial charge in [-0.3, -0.25) is 0 Å². The smallest absolute Gasteiger partial charge is 0.118 e. The van der Waals surface area contributed by atoms with Crippen LogP contribution < -0.4 is 10.1 Å². The third kappa shape index (κ3) is 4.59. The normalized spacial score (nSPS) is 12.2. The fourth-order valence-corrected chi connectivity index (χ4v) is 2.81. The maximum absolute atomic E-state index is 6.25. The number of nitrogens with one attached hydrogen (secondary N) is 1. The van der Waals surface area contributed by atoms with Gasteiger partial charge < -0.3 is 10.1 Å². The van der Waals surface area contributed by atoms with Crippen molar-refractivity contribution in [1.82, 2.24) is 5.32 Å². The number of benzene rings is 2. The molecule has 2 nitrogen and oxygen atoms in total. The van der Waals surface area contributed by atoms with Crippen LogP contribution in [-0.4, -0.2) is 13.7 Å². The number of ether oxygens (including phenoxy) is 1. The van der Waals surface area contributed by atoms with Gasteiger partial charge in [-0.05, 0) is 70.9 Å². The second-order valence-electron chi connectivity index (χ2n) is 4.84. The molecule has 1 unspecified atom stereocenters. The molecule has 0 aliphatic heterocycles. The summed E-state index contributed by atoms with van der Waals surface area (Å²) in [5.74, 6) is 0.885. The molecule has 0 aromatic heterocycles. The molecular weight excluding hydrogens is 397 g/mol. The van der Waals surface area contributed by atoms with E-state index < -0.39 is 0 Å². The van der Waals surface area contributed by atoms with Crippen molar-refractivity contribution in [3.8, 4) is 5.75 Å². The van der Waals surface area contributed by atoms with Crippen LogP contribution in [0.3, 0.4) is 0 Å². The van der Waals surface area contributed by atoms with Gasteiger partial charge in [0.1, 0.15) is 5.75 Å². The van der Waals surface area contributed by atoms with Crippen molar-refractivity contribution in [3.05, 3.63) is 62.2 Å². The molecular formula is C17H19ClINO. The zero-order valence-corrected chi connectivity index (χ0v) is 15.1. The molecule has 0 spiro atoms. The Bertz CT molecular complexity index is 586. The second kappa shape index (κ2) is 8.01. The zero-order chi connectivity index (χ0) is 15.2. The fourth-order valence-electron chi connectivity index (χ4n) is 2.28. The minimum Gasteiger partial charge on any atom is -0.497 e. The molecule has 0 bridgehead atoms. The van der Waals surface area contributed by atoms with E-state index in [0.29, 0.717) is 0 Å². The van der Waals surface area contributed by atoms with Crippen LogP contribution in [0.1, 0.15) is 24.1 Å². The Labute approximate surface area is 145 Å². The van der Waals surface area contributed by atoms with Crippen molar-refractivity contribution in [3.63, 3.8) is 0 Å². The number of likely N-dealkylation sites (N-methyl/N-ethyl adjacent to an activating group) is 1. The van der Waals surface area contributed by atoms with Crippen molar-refractivity contribution < 1.29 is 4.74 Å². The molecule has 112 valence electrons. The Balaban J connectivity index is 2.19. The highest BCUT2D eigenvalue weighted by molar-refractivity contribution is 14.1. The molecule has 1 N–H and O–H groups in total. The van der Waals surface area contributed by atoms with Gasteiger partial charge in [-0.15, -0.1) is 0 Å². The molecule has 0 aliphatic carbocycles. The van der Waals surface area contributed by atoms with Crippen LogP contribution in [0.25, 0.3) is 0 Å². The van der Waals surface area contributed by atoms with E-state index in [0.717, 1.165) is 27.3 Å². The lowest BCUT2D eigenvalue weighted by Crippen LogP contribution is -2.23. The Morgan fingerprint density at radius 2 is 1.90 bits per heavy atom. The highest BCUT2D eigenvalue weighted by atomic mass is 127. The molecule has 2 rings (SSSR count). The highest BCUT2D eigenvalue weighted by Gasteiger charge is 2.12. The molecule has 0 radical (unpaired) electrons. The van der Waals surface area contributed by atoms with Crippen LogP contribution in [0, 0.1) is 3.57 Å². The standard InChI is InChI=1S/C17H19ClINO/c1-3-20-17(13-6-9-16(19)15(18)11-13)10-12-4-7-14(21-2)8-5-12/h4-9,11,17,20H,3,10H2,1-2H3. The van der Waals surface area contributed by atoms with E-state index in [9.17, 15) is 0 Å². The minimum absolute atomic E-state index is 0.262. The van der Waals surface area contributed by atoms with E-state index in [-0.39, 0.29) is 6.04 Å². The van der Waals surface area contributed by atoms with E-state index in [2.05, 4.69) is 65.2 Å². The van der Waals surface area contributed by atoms with Gasteiger partial charge in [-0.25, -0.2) is 0 Å². The molecule has 0 fully saturated rings. The Kier molecular flexibility index (Phi) is 6.33. The molecule has 0 saturated heterocycles. The molecule has 21 heavy (non-hydrogen) atoms. The SMILES string of the molecule is CCNC(Cc1ccc(OC)cc1)c1ccc(I)c(Cl)c1. The van der Waals surface area contributed by atoms with Crippen LogP contribution in [0.2, 0.25) is 5.02 Å². The predicted molar refractivity (Wildman–Crippen MR) is 97.3 cm³/mol. The molecule has 0 amide bonds. The third-order valence-corrected chi connectivity index (χ3v) is 4.97. The van der Waals surface area contributed by atoms with Crippen LogP contribution in [-0.2, 0) is 6.42 Å². The highest BCUT2D eigenvalue weighted by Crippen LogP contribution is 2.26. The van der Waals surface area contributed by atoms with Gasteiger partial charge >= 0.3 is 0 Å². The topological polar surface area (TPSA) is 21.3 Å². The average Bonchev–Trinajstić information content (AvgIpc) is 2.50. The van der Waals surface area contributed by atoms with Gasteiger partial charge in [-0.2, -0.15) is 0 Å². The summed E-state index contributed by atoms with van der Waals surface area (Å²) in [6.45, 7) is 3.04. The van der Waals surface area contributed by atoms with Crippen LogP contribution in [0.4, 0.5) is 0 Å². The van der Waals surface area contributed by atoms with Crippen molar-refractivity contribution >= 4 is 34.2 Å². The van der Waals surface area contributed by atoms with E-state index in [1.807, 2.05) is 12.1 Å². The first-order chi connectivity index (χ1) is 10.1. The monoisotopic (exact) mass is 415 g/mol. The van der Waals surface area contributed by atoms with Crippen molar-refractivity contribution in [2.24, 2.45) is 0 Å². The molecule has 0 aliphatic rings. The number of methoxy groups -OCH3 is 1. The zero-order valence-electron chi connectivity index (χ0n) is 12.2. The lowest BCUT2D eigenvalue weighted by molar-refractivity contribution is 0.414. The van der Waals surface area contributed by atoms with Gasteiger partial charge in [0.25, 0.3) is 0 Å². The van der Waals surface area contributed by atoms with Gasteiger partial charge in [-0.1, -0.05) is 36.7 Å². The van der Waals surface area contributed by atoms with Gasteiger partial charge in [0, 0.05) is 9.61 Å². The summed E-state index contributed by atoms with van der Waals surface area (Å²) in [6.07, 6.45) is 0.925. The Hall–Kier alpha value is -0.780. The second-order valence-corrected chi connectivity index (χ2v) is 6.41. The molecule has 0 heterocycles. The summed E-state index contributed by atoms with van der Waals surface area (Å²) in [7, 11) is 1.68. The van der Waals surface area contributed by atoms with E-state index in [1.165, 1.54) is 11.1 Å². The lowest BCUT2D eigenvalue weighted by atomic mass is 9.99. The molecule has 0 saturated carbocycles. The largest absolute Gasteiger partial charge is 0.497 e. The molecule has 4 heteroatoms. The molecule has 2 aromatic carbocycles. The van der Waals surface area contributed by atoms with E-state index in [1.54, 1.807) is 7.11 Å².